The number of H-pyrrole nitrogens is 1. The van der Waals surface area contributed by atoms with Gasteiger partial charge in [0.2, 0.25) is 5.91 Å². The Kier molecular flexibility index (Phi) is 4.75. The molecule has 116 valence electrons. The summed E-state index contributed by atoms with van der Waals surface area (Å²) in [6.07, 6.45) is 3.44. The number of amides is 1. The Morgan fingerprint density at radius 3 is 3.00 bits per heavy atom. The van der Waals surface area contributed by atoms with E-state index in [1.54, 1.807) is 6.33 Å². The average molecular weight is 319 g/mol. The van der Waals surface area contributed by atoms with Crippen LogP contribution < -0.4 is 5.32 Å². The van der Waals surface area contributed by atoms with Crippen LogP contribution in [0.5, 0.6) is 0 Å². The summed E-state index contributed by atoms with van der Waals surface area (Å²) in [6.45, 7) is 2.71. The molecular weight excluding hydrogens is 300 g/mol. The highest BCUT2D eigenvalue weighted by Crippen LogP contribution is 2.14. The molecule has 0 saturated carbocycles. The van der Waals surface area contributed by atoms with Crippen LogP contribution in [0.2, 0.25) is 5.02 Å². The summed E-state index contributed by atoms with van der Waals surface area (Å²) in [5.41, 5.74) is 3.42. The van der Waals surface area contributed by atoms with E-state index >= 15 is 0 Å². The Labute approximate surface area is 134 Å². The highest BCUT2D eigenvalue weighted by atomic mass is 35.5. The number of aromatic amines is 1. The molecule has 2 N–H and O–H groups in total. The van der Waals surface area contributed by atoms with E-state index in [9.17, 15) is 4.79 Å². The second kappa shape index (κ2) is 6.94. The molecule has 1 amide bonds. The van der Waals surface area contributed by atoms with Gasteiger partial charge in [-0.2, -0.15) is 0 Å². The molecule has 0 aliphatic carbocycles. The Hall–Kier alpha value is -1.85. The van der Waals surface area contributed by atoms with Crippen LogP contribution in [-0.2, 0) is 24.2 Å². The van der Waals surface area contributed by atoms with Crippen molar-refractivity contribution in [3.05, 3.63) is 52.6 Å². The van der Waals surface area contributed by atoms with E-state index < -0.39 is 0 Å². The highest BCUT2D eigenvalue weighted by molar-refractivity contribution is 6.30. The van der Waals surface area contributed by atoms with Crippen LogP contribution in [0.25, 0.3) is 0 Å². The molecule has 0 spiro atoms. The third-order valence-corrected chi connectivity index (χ3v) is 4.12. The molecule has 3 rings (SSSR count). The van der Waals surface area contributed by atoms with Crippen molar-refractivity contribution in [2.75, 3.05) is 19.6 Å². The number of carbonyl (C=O) groups is 1. The van der Waals surface area contributed by atoms with Crippen LogP contribution in [0, 0.1) is 0 Å². The van der Waals surface area contributed by atoms with E-state index in [0.29, 0.717) is 13.1 Å². The number of hydrogen-bond acceptors (Lipinski definition) is 3. The molecule has 2 heterocycles. The number of benzene rings is 1. The number of rotatable bonds is 5. The molecule has 5 nitrogen and oxygen atoms in total. The zero-order valence-corrected chi connectivity index (χ0v) is 13.1. The summed E-state index contributed by atoms with van der Waals surface area (Å²) in [4.78, 5) is 21.5. The standard InChI is InChI=1S/C16H19ClN4O/c17-13-3-1-12(2-4-13)5-7-18-16(22)10-21-8-6-14-15(9-21)20-11-19-14/h1-4,11H,5-10H2,(H,18,22)(H,19,20). The predicted octanol–water partition coefficient (Wildman–Crippen LogP) is 1.78. The van der Waals surface area contributed by atoms with Crippen molar-refractivity contribution in [3.63, 3.8) is 0 Å². The highest BCUT2D eigenvalue weighted by Gasteiger charge is 2.19. The van der Waals surface area contributed by atoms with E-state index in [0.717, 1.165) is 42.3 Å². The van der Waals surface area contributed by atoms with E-state index in [2.05, 4.69) is 20.2 Å². The Balaban J connectivity index is 1.40. The van der Waals surface area contributed by atoms with E-state index in [-0.39, 0.29) is 5.91 Å². The Morgan fingerprint density at radius 1 is 1.36 bits per heavy atom. The SMILES string of the molecule is O=C(CN1CCc2nc[nH]c2C1)NCCc1ccc(Cl)cc1. The molecule has 22 heavy (non-hydrogen) atoms. The molecule has 1 aromatic carbocycles. The van der Waals surface area contributed by atoms with Crippen molar-refractivity contribution in [3.8, 4) is 0 Å². The third-order valence-electron chi connectivity index (χ3n) is 3.87. The van der Waals surface area contributed by atoms with Gasteiger partial charge in [-0.3, -0.25) is 9.69 Å². The van der Waals surface area contributed by atoms with Gasteiger partial charge in [-0.1, -0.05) is 23.7 Å². The first-order valence-corrected chi connectivity index (χ1v) is 7.83. The molecule has 1 aromatic heterocycles. The number of imidazole rings is 1. The van der Waals surface area contributed by atoms with Crippen LogP contribution in [0.3, 0.4) is 0 Å². The molecule has 2 aromatic rings. The fourth-order valence-electron chi connectivity index (χ4n) is 2.66. The second-order valence-electron chi connectivity index (χ2n) is 5.51. The van der Waals surface area contributed by atoms with Crippen LogP contribution in [0.1, 0.15) is 17.0 Å². The zero-order valence-electron chi connectivity index (χ0n) is 12.3. The fraction of sp³-hybridized carbons (Fsp3) is 0.375. The minimum atomic E-state index is 0.0666. The van der Waals surface area contributed by atoms with Gasteiger partial charge in [0, 0.05) is 31.1 Å². The van der Waals surface area contributed by atoms with E-state index in [4.69, 9.17) is 11.6 Å². The topological polar surface area (TPSA) is 61.0 Å². The maximum atomic E-state index is 12.0. The largest absolute Gasteiger partial charge is 0.355 e. The number of aromatic nitrogens is 2. The normalized spacial score (nSPS) is 14.6. The first kappa shape index (κ1) is 15.1. The number of nitrogens with one attached hydrogen (secondary N) is 2. The maximum Gasteiger partial charge on any atom is 0.234 e. The number of carbonyl (C=O) groups excluding carboxylic acids is 1. The molecule has 1 aliphatic heterocycles. The molecule has 0 radical (unpaired) electrons. The molecule has 0 atom stereocenters. The van der Waals surface area contributed by atoms with Gasteiger partial charge in [0.1, 0.15) is 0 Å². The minimum Gasteiger partial charge on any atom is -0.355 e. The van der Waals surface area contributed by atoms with Gasteiger partial charge in [0.15, 0.2) is 0 Å². The number of halogens is 1. The van der Waals surface area contributed by atoms with Crippen LogP contribution in [0.15, 0.2) is 30.6 Å². The quantitative estimate of drug-likeness (QED) is 0.883. The minimum absolute atomic E-state index is 0.0666. The van der Waals surface area contributed by atoms with Gasteiger partial charge in [0.25, 0.3) is 0 Å². The molecule has 6 heteroatoms. The molecule has 0 bridgehead atoms. The van der Waals surface area contributed by atoms with Gasteiger partial charge in [-0.05, 0) is 24.1 Å². The van der Waals surface area contributed by atoms with Crippen molar-refractivity contribution in [2.24, 2.45) is 0 Å². The van der Waals surface area contributed by atoms with E-state index in [1.807, 2.05) is 24.3 Å². The number of hydrogen-bond donors (Lipinski definition) is 2. The fourth-order valence-corrected chi connectivity index (χ4v) is 2.79. The number of fused-ring (bicyclic) bond motifs is 1. The number of nitrogens with zero attached hydrogens (tertiary/aromatic N) is 2. The van der Waals surface area contributed by atoms with Crippen molar-refractivity contribution in [2.45, 2.75) is 19.4 Å². The molecule has 1 aliphatic rings. The Morgan fingerprint density at radius 2 is 2.18 bits per heavy atom. The van der Waals surface area contributed by atoms with Gasteiger partial charge >= 0.3 is 0 Å². The first-order valence-electron chi connectivity index (χ1n) is 7.45. The van der Waals surface area contributed by atoms with Crippen molar-refractivity contribution < 1.29 is 4.79 Å². The third kappa shape index (κ3) is 3.87. The lowest BCUT2D eigenvalue weighted by Crippen LogP contribution is -2.40. The van der Waals surface area contributed by atoms with Gasteiger partial charge in [-0.25, -0.2) is 4.98 Å². The van der Waals surface area contributed by atoms with Crippen molar-refractivity contribution in [1.29, 1.82) is 0 Å². The Bertz CT molecular complexity index is 638. The van der Waals surface area contributed by atoms with Gasteiger partial charge in [0.05, 0.1) is 24.3 Å². The summed E-state index contributed by atoms with van der Waals surface area (Å²) < 4.78 is 0. The average Bonchev–Trinajstić information content (AvgIpc) is 2.97. The monoisotopic (exact) mass is 318 g/mol. The maximum absolute atomic E-state index is 12.0. The lowest BCUT2D eigenvalue weighted by molar-refractivity contribution is -0.122. The zero-order chi connectivity index (χ0) is 15.4. The summed E-state index contributed by atoms with van der Waals surface area (Å²) in [7, 11) is 0. The lowest BCUT2D eigenvalue weighted by atomic mass is 10.1. The van der Waals surface area contributed by atoms with Crippen LogP contribution in [0.4, 0.5) is 0 Å². The first-order chi connectivity index (χ1) is 10.7. The summed E-state index contributed by atoms with van der Waals surface area (Å²) >= 11 is 5.85. The van der Waals surface area contributed by atoms with Crippen molar-refractivity contribution in [1.82, 2.24) is 20.2 Å². The molecule has 0 fully saturated rings. The molecule has 0 saturated heterocycles. The summed E-state index contributed by atoms with van der Waals surface area (Å²) in [6, 6.07) is 7.71. The second-order valence-corrected chi connectivity index (χ2v) is 5.95. The predicted molar refractivity (Wildman–Crippen MR) is 85.7 cm³/mol. The van der Waals surface area contributed by atoms with E-state index in [1.165, 1.54) is 5.56 Å². The van der Waals surface area contributed by atoms with Crippen LogP contribution in [-0.4, -0.2) is 40.4 Å². The van der Waals surface area contributed by atoms with Gasteiger partial charge < -0.3 is 10.3 Å². The lowest BCUT2D eigenvalue weighted by Gasteiger charge is -2.25. The van der Waals surface area contributed by atoms with Gasteiger partial charge in [-0.15, -0.1) is 0 Å². The van der Waals surface area contributed by atoms with Crippen LogP contribution >= 0.6 is 11.6 Å². The summed E-state index contributed by atoms with van der Waals surface area (Å²) in [5, 5.41) is 3.70. The smallest absolute Gasteiger partial charge is 0.234 e. The van der Waals surface area contributed by atoms with Crippen molar-refractivity contribution >= 4 is 17.5 Å². The molecule has 0 unspecified atom stereocenters. The molecular formula is C16H19ClN4O. The summed E-state index contributed by atoms with van der Waals surface area (Å²) in [5.74, 6) is 0.0666.